The van der Waals surface area contributed by atoms with Crippen LogP contribution in [-0.4, -0.2) is 4.92 Å². The van der Waals surface area contributed by atoms with Gasteiger partial charge < -0.3 is 9.73 Å². The summed E-state index contributed by atoms with van der Waals surface area (Å²) in [4.78, 5) is 10.1. The Morgan fingerprint density at radius 1 is 1.41 bits per heavy atom. The first-order chi connectivity index (χ1) is 8.16. The molecule has 0 bridgehead atoms. The van der Waals surface area contributed by atoms with Gasteiger partial charge in [0, 0.05) is 12.1 Å². The van der Waals surface area contributed by atoms with Crippen molar-refractivity contribution in [3.63, 3.8) is 0 Å². The summed E-state index contributed by atoms with van der Waals surface area (Å²) in [5, 5.41) is 13.6. The highest BCUT2D eigenvalue weighted by Gasteiger charge is 2.14. The Hall–Kier alpha value is -2.37. The van der Waals surface area contributed by atoms with Crippen LogP contribution in [-0.2, 0) is 6.54 Å². The van der Waals surface area contributed by atoms with Crippen LogP contribution in [0.1, 0.15) is 5.56 Å². The second-order valence-corrected chi connectivity index (χ2v) is 3.40. The maximum Gasteiger partial charge on any atom is 0.295 e. The Bertz CT molecular complexity index is 526. The van der Waals surface area contributed by atoms with E-state index in [0.29, 0.717) is 6.54 Å². The Morgan fingerprint density at radius 3 is 2.88 bits per heavy atom. The van der Waals surface area contributed by atoms with Crippen LogP contribution >= 0.6 is 0 Å². The van der Waals surface area contributed by atoms with E-state index in [1.54, 1.807) is 6.07 Å². The normalized spacial score (nSPS) is 10.2. The van der Waals surface area contributed by atoms with Crippen LogP contribution in [0.4, 0.5) is 15.8 Å². The maximum absolute atomic E-state index is 12.9. The van der Waals surface area contributed by atoms with Crippen molar-refractivity contribution in [2.45, 2.75) is 6.54 Å². The summed E-state index contributed by atoms with van der Waals surface area (Å²) < 4.78 is 17.7. The third-order valence-corrected chi connectivity index (χ3v) is 2.22. The number of benzene rings is 1. The standard InChI is InChI=1S/C11H9FN2O3/c12-9-1-2-10(11(5-9)14(15)16)13-6-8-3-4-17-7-8/h1-5,7,13H,6H2. The predicted molar refractivity (Wildman–Crippen MR) is 59.1 cm³/mol. The molecule has 2 aromatic rings. The third-order valence-electron chi connectivity index (χ3n) is 2.22. The summed E-state index contributed by atoms with van der Waals surface area (Å²) >= 11 is 0. The van der Waals surface area contributed by atoms with Gasteiger partial charge in [-0.1, -0.05) is 0 Å². The summed E-state index contributed by atoms with van der Waals surface area (Å²) in [5.74, 6) is -0.634. The first-order valence-electron chi connectivity index (χ1n) is 4.85. The molecular weight excluding hydrogens is 227 g/mol. The zero-order valence-corrected chi connectivity index (χ0v) is 8.72. The Balaban J connectivity index is 2.17. The van der Waals surface area contributed by atoms with Gasteiger partial charge in [-0.3, -0.25) is 10.1 Å². The first kappa shape index (κ1) is 11.1. The van der Waals surface area contributed by atoms with Crippen LogP contribution < -0.4 is 5.32 Å². The molecule has 88 valence electrons. The van der Waals surface area contributed by atoms with Gasteiger partial charge in [-0.15, -0.1) is 0 Å². The van der Waals surface area contributed by atoms with Crippen LogP contribution in [0.5, 0.6) is 0 Å². The minimum atomic E-state index is -0.634. The van der Waals surface area contributed by atoms with Crippen molar-refractivity contribution in [1.82, 2.24) is 0 Å². The van der Waals surface area contributed by atoms with Gasteiger partial charge >= 0.3 is 0 Å². The molecule has 2 rings (SSSR count). The smallest absolute Gasteiger partial charge is 0.295 e. The van der Waals surface area contributed by atoms with E-state index in [0.717, 1.165) is 11.6 Å². The molecule has 17 heavy (non-hydrogen) atoms. The number of nitrogens with zero attached hydrogens (tertiary/aromatic N) is 1. The first-order valence-corrected chi connectivity index (χ1v) is 4.85. The number of furan rings is 1. The third kappa shape index (κ3) is 2.60. The van der Waals surface area contributed by atoms with E-state index in [1.807, 2.05) is 0 Å². The lowest BCUT2D eigenvalue weighted by Crippen LogP contribution is -2.02. The summed E-state index contributed by atoms with van der Waals surface area (Å²) in [5.41, 5.74) is 0.842. The Kier molecular flexibility index (Phi) is 3.04. The van der Waals surface area contributed by atoms with Gasteiger partial charge in [0.15, 0.2) is 0 Å². The minimum Gasteiger partial charge on any atom is -0.472 e. The second-order valence-electron chi connectivity index (χ2n) is 3.40. The topological polar surface area (TPSA) is 68.3 Å². The molecule has 0 radical (unpaired) electrons. The van der Waals surface area contributed by atoms with Crippen molar-refractivity contribution in [3.05, 3.63) is 58.3 Å². The van der Waals surface area contributed by atoms with Gasteiger partial charge in [0.05, 0.1) is 23.5 Å². The molecular formula is C11H9FN2O3. The van der Waals surface area contributed by atoms with Crippen molar-refractivity contribution in [3.8, 4) is 0 Å². The molecule has 1 aromatic heterocycles. The largest absolute Gasteiger partial charge is 0.472 e. The highest BCUT2D eigenvalue weighted by Crippen LogP contribution is 2.25. The number of nitrogens with one attached hydrogen (secondary N) is 1. The summed E-state index contributed by atoms with van der Waals surface area (Å²) in [6.45, 7) is 0.378. The molecule has 6 heteroatoms. The molecule has 5 nitrogen and oxygen atoms in total. The van der Waals surface area contributed by atoms with Gasteiger partial charge in [-0.2, -0.15) is 0 Å². The van der Waals surface area contributed by atoms with Crippen LogP contribution in [0.25, 0.3) is 0 Å². The maximum atomic E-state index is 12.9. The lowest BCUT2D eigenvalue weighted by atomic mass is 10.2. The zero-order chi connectivity index (χ0) is 12.3. The molecule has 0 amide bonds. The lowest BCUT2D eigenvalue weighted by Gasteiger charge is -2.05. The van der Waals surface area contributed by atoms with Crippen molar-refractivity contribution < 1.29 is 13.7 Å². The summed E-state index contributed by atoms with van der Waals surface area (Å²) in [6.07, 6.45) is 3.04. The highest BCUT2D eigenvalue weighted by molar-refractivity contribution is 5.61. The van der Waals surface area contributed by atoms with E-state index in [4.69, 9.17) is 4.42 Å². The Morgan fingerprint density at radius 2 is 2.24 bits per heavy atom. The molecule has 0 aliphatic heterocycles. The molecule has 0 aliphatic rings. The molecule has 0 atom stereocenters. The van der Waals surface area contributed by atoms with Gasteiger partial charge in [0.2, 0.25) is 0 Å². The molecule has 0 spiro atoms. The van der Waals surface area contributed by atoms with Crippen molar-refractivity contribution in [2.75, 3.05) is 5.32 Å². The van der Waals surface area contributed by atoms with Gasteiger partial charge in [-0.25, -0.2) is 4.39 Å². The summed E-state index contributed by atoms with van der Waals surface area (Å²) in [7, 11) is 0. The molecule has 0 fully saturated rings. The fourth-order valence-electron chi connectivity index (χ4n) is 1.40. The predicted octanol–water partition coefficient (Wildman–Crippen LogP) is 2.94. The average molecular weight is 236 g/mol. The number of rotatable bonds is 4. The van der Waals surface area contributed by atoms with Crippen LogP contribution in [0.15, 0.2) is 41.2 Å². The van der Waals surface area contributed by atoms with Crippen molar-refractivity contribution in [2.24, 2.45) is 0 Å². The second kappa shape index (κ2) is 4.65. The number of hydrogen-bond donors (Lipinski definition) is 1. The molecule has 0 unspecified atom stereocenters. The molecule has 0 saturated carbocycles. The minimum absolute atomic E-state index is 0.276. The molecule has 1 aromatic carbocycles. The molecule has 0 aliphatic carbocycles. The van der Waals surface area contributed by atoms with E-state index in [1.165, 1.54) is 24.7 Å². The fraction of sp³-hybridized carbons (Fsp3) is 0.0909. The summed E-state index contributed by atoms with van der Waals surface area (Å²) in [6, 6.07) is 5.14. The van der Waals surface area contributed by atoms with Crippen LogP contribution in [0.3, 0.4) is 0 Å². The van der Waals surface area contributed by atoms with Crippen molar-refractivity contribution >= 4 is 11.4 Å². The number of hydrogen-bond acceptors (Lipinski definition) is 4. The molecule has 0 saturated heterocycles. The van der Waals surface area contributed by atoms with E-state index < -0.39 is 10.7 Å². The van der Waals surface area contributed by atoms with E-state index >= 15 is 0 Å². The van der Waals surface area contributed by atoms with E-state index in [-0.39, 0.29) is 11.4 Å². The SMILES string of the molecule is O=[N+]([O-])c1cc(F)ccc1NCc1ccoc1. The van der Waals surface area contributed by atoms with Gasteiger partial charge in [0.1, 0.15) is 11.5 Å². The van der Waals surface area contributed by atoms with Gasteiger partial charge in [0.25, 0.3) is 5.69 Å². The van der Waals surface area contributed by atoms with Crippen LogP contribution in [0, 0.1) is 15.9 Å². The lowest BCUT2D eigenvalue weighted by molar-refractivity contribution is -0.384. The fourth-order valence-corrected chi connectivity index (χ4v) is 1.40. The molecule has 1 N–H and O–H groups in total. The number of nitro groups is 1. The number of halogens is 1. The monoisotopic (exact) mass is 236 g/mol. The van der Waals surface area contributed by atoms with Crippen LogP contribution in [0.2, 0.25) is 0 Å². The Labute approximate surface area is 96.0 Å². The zero-order valence-electron chi connectivity index (χ0n) is 8.72. The highest BCUT2D eigenvalue weighted by atomic mass is 19.1. The van der Waals surface area contributed by atoms with E-state index in [9.17, 15) is 14.5 Å². The van der Waals surface area contributed by atoms with E-state index in [2.05, 4.69) is 5.32 Å². The van der Waals surface area contributed by atoms with Crippen molar-refractivity contribution in [1.29, 1.82) is 0 Å². The number of nitro benzene ring substituents is 1. The quantitative estimate of drug-likeness (QED) is 0.654. The average Bonchev–Trinajstić information content (AvgIpc) is 2.80. The number of anilines is 1. The van der Waals surface area contributed by atoms with Gasteiger partial charge in [-0.05, 0) is 18.2 Å². The molecule has 1 heterocycles.